The molecule has 0 aromatic heterocycles. The zero-order chi connectivity index (χ0) is 24.1. The lowest BCUT2D eigenvalue weighted by Gasteiger charge is -2.34. The van der Waals surface area contributed by atoms with Crippen molar-refractivity contribution in [2.45, 2.75) is 12.8 Å². The maximum Gasteiger partial charge on any atom is 0.229 e. The summed E-state index contributed by atoms with van der Waals surface area (Å²) in [6.45, 7) is 5.12. The highest BCUT2D eigenvalue weighted by Crippen LogP contribution is 2.28. The molecule has 8 heteroatoms. The minimum Gasteiger partial charge on any atom is -0.493 e. The number of amides is 2. The maximum absolute atomic E-state index is 12.8. The van der Waals surface area contributed by atoms with Gasteiger partial charge in [0.1, 0.15) is 0 Å². The lowest BCUT2D eigenvalue weighted by molar-refractivity contribution is -0.128. The third-order valence-corrected chi connectivity index (χ3v) is 6.71. The van der Waals surface area contributed by atoms with Gasteiger partial charge in [-0.15, -0.1) is 0 Å². The van der Waals surface area contributed by atoms with E-state index in [1.54, 1.807) is 19.1 Å². The normalized spacial score (nSPS) is 18.8. The Hall–Kier alpha value is -3.26. The van der Waals surface area contributed by atoms with Crippen LogP contribution in [0.2, 0.25) is 0 Å². The molecule has 2 heterocycles. The second kappa shape index (κ2) is 10.8. The molecule has 0 saturated carbocycles. The van der Waals surface area contributed by atoms with Crippen molar-refractivity contribution in [3.05, 3.63) is 48.0 Å². The number of nitrogens with zero attached hydrogens (tertiary/aromatic N) is 3. The number of hydrogen-bond acceptors (Lipinski definition) is 6. The van der Waals surface area contributed by atoms with Gasteiger partial charge in [0.05, 0.1) is 20.1 Å². The number of likely N-dealkylation sites (N-methyl/N-ethyl adjacent to an activating group) is 1. The van der Waals surface area contributed by atoms with Crippen LogP contribution in [0.5, 0.6) is 11.5 Å². The monoisotopic (exact) mass is 466 g/mol. The highest BCUT2D eigenvalue weighted by atomic mass is 16.5. The number of carbonyl (C=O) groups is 2. The van der Waals surface area contributed by atoms with Crippen LogP contribution in [0.25, 0.3) is 0 Å². The molecule has 8 nitrogen and oxygen atoms in total. The third-order valence-electron chi connectivity index (χ3n) is 6.71. The number of likely N-dealkylation sites (tertiary alicyclic amines) is 1. The first-order valence-electron chi connectivity index (χ1n) is 11.8. The van der Waals surface area contributed by atoms with Crippen molar-refractivity contribution >= 4 is 23.2 Å². The summed E-state index contributed by atoms with van der Waals surface area (Å²) >= 11 is 0. The molecule has 4 rings (SSSR count). The summed E-state index contributed by atoms with van der Waals surface area (Å²) in [6, 6.07) is 13.7. The number of anilines is 2. The van der Waals surface area contributed by atoms with Crippen LogP contribution in [-0.4, -0.2) is 82.1 Å². The second-order valence-corrected chi connectivity index (χ2v) is 9.01. The zero-order valence-corrected chi connectivity index (χ0v) is 20.3. The number of methoxy groups -OCH3 is 2. The lowest BCUT2D eigenvalue weighted by atomic mass is 10.1. The summed E-state index contributed by atoms with van der Waals surface area (Å²) in [5.74, 6) is 0.927. The van der Waals surface area contributed by atoms with Gasteiger partial charge in [-0.25, -0.2) is 0 Å². The van der Waals surface area contributed by atoms with Gasteiger partial charge in [0.15, 0.2) is 11.5 Å². The average Bonchev–Trinajstić information content (AvgIpc) is 3.24. The summed E-state index contributed by atoms with van der Waals surface area (Å²) in [4.78, 5) is 31.8. The van der Waals surface area contributed by atoms with Crippen molar-refractivity contribution in [2.75, 3.05) is 70.8 Å². The van der Waals surface area contributed by atoms with Gasteiger partial charge in [-0.2, -0.15) is 0 Å². The minimum atomic E-state index is -0.338. The molecule has 0 bridgehead atoms. The van der Waals surface area contributed by atoms with Crippen molar-refractivity contribution in [3.63, 3.8) is 0 Å². The van der Waals surface area contributed by atoms with Crippen molar-refractivity contribution < 1.29 is 19.1 Å². The number of piperazine rings is 1. The van der Waals surface area contributed by atoms with Gasteiger partial charge < -0.3 is 29.5 Å². The predicted octanol–water partition coefficient (Wildman–Crippen LogP) is 2.49. The molecule has 0 spiro atoms. The van der Waals surface area contributed by atoms with E-state index in [0.717, 1.165) is 37.4 Å². The van der Waals surface area contributed by atoms with Crippen LogP contribution in [0.1, 0.15) is 12.0 Å². The Morgan fingerprint density at radius 2 is 1.71 bits per heavy atom. The highest BCUT2D eigenvalue weighted by molar-refractivity contribution is 5.97. The van der Waals surface area contributed by atoms with Crippen LogP contribution >= 0.6 is 0 Å². The Balaban J connectivity index is 1.28. The zero-order valence-electron chi connectivity index (χ0n) is 20.3. The second-order valence-electron chi connectivity index (χ2n) is 9.01. The first kappa shape index (κ1) is 23.9. The SMILES string of the molecule is COc1ccc(CCN2C[C@H](C(=O)Nc3ccc(N4CCN(C)CC4)cc3)CC2=O)cc1OC. The van der Waals surface area contributed by atoms with Crippen molar-refractivity contribution in [3.8, 4) is 11.5 Å². The van der Waals surface area contributed by atoms with Gasteiger partial charge in [-0.05, 0) is 55.4 Å². The molecule has 182 valence electrons. The van der Waals surface area contributed by atoms with Gasteiger partial charge in [0, 0.05) is 57.1 Å². The van der Waals surface area contributed by atoms with E-state index in [9.17, 15) is 9.59 Å². The standard InChI is InChI=1S/C26H34N4O4/c1-28-12-14-29(15-13-28)22-7-5-21(6-8-22)27-26(32)20-17-25(31)30(18-20)11-10-19-4-9-23(33-2)24(16-19)34-3/h4-9,16,20H,10-15,17-18H2,1-3H3,(H,27,32)/t20-/m1/s1. The molecular weight excluding hydrogens is 432 g/mol. The fraction of sp³-hybridized carbons (Fsp3) is 0.462. The van der Waals surface area contributed by atoms with Crippen LogP contribution in [0.15, 0.2) is 42.5 Å². The Bertz CT molecular complexity index is 1000. The smallest absolute Gasteiger partial charge is 0.229 e. The summed E-state index contributed by atoms with van der Waals surface area (Å²) in [5, 5.41) is 2.99. The molecule has 2 aliphatic rings. The molecule has 2 amide bonds. The predicted molar refractivity (Wildman–Crippen MR) is 133 cm³/mol. The van der Waals surface area contributed by atoms with E-state index in [-0.39, 0.29) is 24.2 Å². The van der Waals surface area contributed by atoms with Crippen LogP contribution in [0, 0.1) is 5.92 Å². The summed E-state index contributed by atoms with van der Waals surface area (Å²) < 4.78 is 10.6. The molecule has 2 aliphatic heterocycles. The number of carbonyl (C=O) groups excluding carboxylic acids is 2. The fourth-order valence-electron chi connectivity index (χ4n) is 4.53. The Morgan fingerprint density at radius 1 is 1.00 bits per heavy atom. The Morgan fingerprint density at radius 3 is 2.38 bits per heavy atom. The van der Waals surface area contributed by atoms with Crippen molar-refractivity contribution in [2.24, 2.45) is 5.92 Å². The number of nitrogens with one attached hydrogen (secondary N) is 1. The van der Waals surface area contributed by atoms with Crippen LogP contribution in [0.3, 0.4) is 0 Å². The van der Waals surface area contributed by atoms with Gasteiger partial charge in [-0.1, -0.05) is 6.07 Å². The van der Waals surface area contributed by atoms with E-state index < -0.39 is 0 Å². The molecular formula is C26H34N4O4. The minimum absolute atomic E-state index is 0.0195. The number of hydrogen-bond donors (Lipinski definition) is 1. The van der Waals surface area contributed by atoms with Crippen molar-refractivity contribution in [1.82, 2.24) is 9.80 Å². The van der Waals surface area contributed by atoms with E-state index in [4.69, 9.17) is 9.47 Å². The summed E-state index contributed by atoms with van der Waals surface area (Å²) in [6.07, 6.45) is 0.936. The van der Waals surface area contributed by atoms with E-state index in [1.165, 1.54) is 5.69 Å². The Kier molecular flexibility index (Phi) is 7.57. The van der Waals surface area contributed by atoms with Crippen LogP contribution < -0.4 is 19.7 Å². The quantitative estimate of drug-likeness (QED) is 0.644. The van der Waals surface area contributed by atoms with Crippen molar-refractivity contribution in [1.29, 1.82) is 0 Å². The van der Waals surface area contributed by atoms with E-state index >= 15 is 0 Å². The maximum atomic E-state index is 12.8. The molecule has 2 aromatic rings. The number of ether oxygens (including phenoxy) is 2. The Labute approximate surface area is 201 Å². The highest BCUT2D eigenvalue weighted by Gasteiger charge is 2.34. The molecule has 2 saturated heterocycles. The van der Waals surface area contributed by atoms with Gasteiger partial charge in [0.25, 0.3) is 0 Å². The summed E-state index contributed by atoms with van der Waals surface area (Å²) in [5.41, 5.74) is 2.99. The van der Waals surface area contributed by atoms with E-state index in [2.05, 4.69) is 34.3 Å². The van der Waals surface area contributed by atoms with Gasteiger partial charge in [-0.3, -0.25) is 9.59 Å². The number of rotatable bonds is 8. The lowest BCUT2D eigenvalue weighted by Crippen LogP contribution is -2.44. The molecule has 34 heavy (non-hydrogen) atoms. The first-order valence-corrected chi connectivity index (χ1v) is 11.8. The molecule has 0 radical (unpaired) electrons. The van der Waals surface area contributed by atoms with Gasteiger partial charge in [0.2, 0.25) is 11.8 Å². The van der Waals surface area contributed by atoms with Gasteiger partial charge >= 0.3 is 0 Å². The fourth-order valence-corrected chi connectivity index (χ4v) is 4.53. The molecule has 1 N–H and O–H groups in total. The average molecular weight is 467 g/mol. The molecule has 0 aliphatic carbocycles. The summed E-state index contributed by atoms with van der Waals surface area (Å²) in [7, 11) is 5.35. The van der Waals surface area contributed by atoms with E-state index in [0.29, 0.717) is 31.0 Å². The van der Waals surface area contributed by atoms with Crippen LogP contribution in [0.4, 0.5) is 11.4 Å². The molecule has 2 aromatic carbocycles. The largest absolute Gasteiger partial charge is 0.493 e. The molecule has 2 fully saturated rings. The first-order chi connectivity index (χ1) is 16.5. The molecule has 0 unspecified atom stereocenters. The molecule has 1 atom stereocenters. The number of benzene rings is 2. The third kappa shape index (κ3) is 5.62. The topological polar surface area (TPSA) is 74.4 Å². The van der Waals surface area contributed by atoms with E-state index in [1.807, 2.05) is 30.3 Å². The van der Waals surface area contributed by atoms with Crippen LogP contribution in [-0.2, 0) is 16.0 Å².